The average Bonchev–Trinajstić information content (AvgIpc) is 2.83. The maximum absolute atomic E-state index is 13.2. The number of aromatic nitrogens is 1. The highest BCUT2D eigenvalue weighted by atomic mass is 16.6. The number of anilines is 1. The first-order chi connectivity index (χ1) is 16.2. The molecule has 2 amide bonds. The van der Waals surface area contributed by atoms with Gasteiger partial charge in [0.2, 0.25) is 5.91 Å². The van der Waals surface area contributed by atoms with Crippen LogP contribution >= 0.6 is 0 Å². The van der Waals surface area contributed by atoms with Crippen molar-refractivity contribution in [3.63, 3.8) is 0 Å². The van der Waals surface area contributed by atoms with Crippen molar-refractivity contribution in [3.05, 3.63) is 24.5 Å². The molecule has 0 aliphatic carbocycles. The molecule has 2 fully saturated rings. The first kappa shape index (κ1) is 25.7. The Labute approximate surface area is 201 Å². The second kappa shape index (κ2) is 11.5. The van der Waals surface area contributed by atoms with Gasteiger partial charge in [0.25, 0.3) is 0 Å². The SMILES string of the molecule is COC(=O)CCN(C(=O)OC(C)(C)C)N1CCC(C(=O)N2CCN(c3ccncc3)CC2)CC1. The van der Waals surface area contributed by atoms with Crippen LogP contribution in [0.1, 0.15) is 40.0 Å². The molecule has 1 aromatic rings. The minimum atomic E-state index is -0.646. The Morgan fingerprint density at radius 3 is 2.21 bits per heavy atom. The predicted molar refractivity (Wildman–Crippen MR) is 127 cm³/mol. The summed E-state index contributed by atoms with van der Waals surface area (Å²) in [5.74, 6) is -0.262. The smallest absolute Gasteiger partial charge is 0.424 e. The van der Waals surface area contributed by atoms with E-state index in [1.54, 1.807) is 12.4 Å². The van der Waals surface area contributed by atoms with E-state index in [2.05, 4.69) is 9.88 Å². The van der Waals surface area contributed by atoms with Gasteiger partial charge in [-0.1, -0.05) is 0 Å². The van der Waals surface area contributed by atoms with Crippen LogP contribution in [0.4, 0.5) is 10.5 Å². The summed E-state index contributed by atoms with van der Waals surface area (Å²) in [6.07, 6.45) is 4.46. The largest absolute Gasteiger partial charge is 0.469 e. The summed E-state index contributed by atoms with van der Waals surface area (Å²) in [6, 6.07) is 3.98. The summed E-state index contributed by atoms with van der Waals surface area (Å²) in [6.45, 7) is 9.70. The Morgan fingerprint density at radius 2 is 1.65 bits per heavy atom. The van der Waals surface area contributed by atoms with Crippen LogP contribution < -0.4 is 4.90 Å². The molecule has 10 nitrogen and oxygen atoms in total. The van der Waals surface area contributed by atoms with E-state index in [9.17, 15) is 14.4 Å². The molecule has 0 aromatic carbocycles. The number of hydrogen-bond acceptors (Lipinski definition) is 8. The summed E-state index contributed by atoms with van der Waals surface area (Å²) in [5.41, 5.74) is 0.484. The van der Waals surface area contributed by atoms with Crippen molar-refractivity contribution >= 4 is 23.7 Å². The zero-order valence-electron chi connectivity index (χ0n) is 20.7. The third-order valence-corrected chi connectivity index (χ3v) is 6.14. The Morgan fingerprint density at radius 1 is 1.03 bits per heavy atom. The normalized spacial score (nSPS) is 17.9. The molecular weight excluding hydrogens is 438 g/mol. The quantitative estimate of drug-likeness (QED) is 0.578. The molecule has 0 atom stereocenters. The van der Waals surface area contributed by atoms with E-state index in [-0.39, 0.29) is 30.8 Å². The number of piperidine rings is 1. The minimum Gasteiger partial charge on any atom is -0.469 e. The third kappa shape index (κ3) is 7.06. The number of piperazine rings is 1. The fraction of sp³-hybridized carbons (Fsp3) is 0.667. The van der Waals surface area contributed by atoms with Crippen molar-refractivity contribution in [1.29, 1.82) is 0 Å². The molecule has 3 heterocycles. The zero-order chi connectivity index (χ0) is 24.7. The highest BCUT2D eigenvalue weighted by molar-refractivity contribution is 5.79. The highest BCUT2D eigenvalue weighted by Crippen LogP contribution is 2.24. The van der Waals surface area contributed by atoms with E-state index in [0.29, 0.717) is 39.0 Å². The average molecular weight is 476 g/mol. The van der Waals surface area contributed by atoms with E-state index in [4.69, 9.17) is 9.47 Å². The van der Waals surface area contributed by atoms with Gasteiger partial charge in [-0.05, 0) is 45.7 Å². The van der Waals surface area contributed by atoms with E-state index in [1.165, 1.54) is 12.1 Å². The van der Waals surface area contributed by atoms with Crippen LogP contribution in [0, 0.1) is 5.92 Å². The number of carbonyl (C=O) groups excluding carboxylic acids is 3. The van der Waals surface area contributed by atoms with Crippen LogP contribution in [0.3, 0.4) is 0 Å². The zero-order valence-corrected chi connectivity index (χ0v) is 20.7. The molecule has 0 N–H and O–H groups in total. The van der Waals surface area contributed by atoms with Crippen LogP contribution in [0.5, 0.6) is 0 Å². The van der Waals surface area contributed by atoms with Gasteiger partial charge in [-0.2, -0.15) is 0 Å². The van der Waals surface area contributed by atoms with Gasteiger partial charge in [0.05, 0.1) is 20.1 Å². The molecule has 188 valence electrons. The van der Waals surface area contributed by atoms with Crippen molar-refractivity contribution in [2.24, 2.45) is 5.92 Å². The summed E-state index contributed by atoms with van der Waals surface area (Å²) in [7, 11) is 1.33. The van der Waals surface area contributed by atoms with Crippen LogP contribution in [-0.4, -0.2) is 96.4 Å². The molecule has 0 spiro atoms. The Kier molecular flexibility index (Phi) is 8.71. The molecule has 0 bridgehead atoms. The van der Waals surface area contributed by atoms with Gasteiger partial charge in [0.1, 0.15) is 5.60 Å². The van der Waals surface area contributed by atoms with Gasteiger partial charge in [0, 0.05) is 63.3 Å². The number of rotatable bonds is 6. The van der Waals surface area contributed by atoms with Crippen molar-refractivity contribution in [2.75, 3.05) is 57.8 Å². The first-order valence-corrected chi connectivity index (χ1v) is 11.9. The third-order valence-electron chi connectivity index (χ3n) is 6.14. The lowest BCUT2D eigenvalue weighted by atomic mass is 9.95. The number of methoxy groups -OCH3 is 1. The minimum absolute atomic E-state index is 0.0650. The maximum atomic E-state index is 13.2. The van der Waals surface area contributed by atoms with Crippen molar-refractivity contribution in [3.8, 4) is 0 Å². The Balaban J connectivity index is 1.52. The number of amides is 2. The van der Waals surface area contributed by atoms with Gasteiger partial charge in [0.15, 0.2) is 0 Å². The standard InChI is InChI=1S/C24H37N5O5/c1-24(2,3)34-23(32)29(14-9-21(30)33-4)28-12-7-19(8-13-28)22(31)27-17-15-26(16-18-27)20-5-10-25-11-6-20/h5-6,10-11,19H,7-9,12-18H2,1-4H3. The molecule has 0 saturated carbocycles. The number of ether oxygens (including phenoxy) is 2. The molecule has 2 saturated heterocycles. The number of hydrogen-bond donors (Lipinski definition) is 0. The summed E-state index contributed by atoms with van der Waals surface area (Å²) in [5, 5.41) is 3.37. The summed E-state index contributed by atoms with van der Waals surface area (Å²) in [4.78, 5) is 45.9. The lowest BCUT2D eigenvalue weighted by molar-refractivity contribution is -0.142. The molecule has 0 radical (unpaired) electrons. The second-order valence-corrected chi connectivity index (χ2v) is 9.68. The molecule has 10 heteroatoms. The monoisotopic (exact) mass is 475 g/mol. The van der Waals surface area contributed by atoms with Gasteiger partial charge in [-0.15, -0.1) is 0 Å². The first-order valence-electron chi connectivity index (χ1n) is 11.9. The fourth-order valence-electron chi connectivity index (χ4n) is 4.31. The van der Waals surface area contributed by atoms with E-state index >= 15 is 0 Å². The van der Waals surface area contributed by atoms with Gasteiger partial charge in [-0.3, -0.25) is 14.6 Å². The predicted octanol–water partition coefficient (Wildman–Crippen LogP) is 2.16. The summed E-state index contributed by atoms with van der Waals surface area (Å²) >= 11 is 0. The molecule has 1 aromatic heterocycles. The molecule has 2 aliphatic rings. The van der Waals surface area contributed by atoms with Crippen LogP contribution in [0.2, 0.25) is 0 Å². The lowest BCUT2D eigenvalue weighted by Gasteiger charge is -2.42. The molecular formula is C24H37N5O5. The molecule has 2 aliphatic heterocycles. The maximum Gasteiger partial charge on any atom is 0.424 e. The molecule has 3 rings (SSSR count). The van der Waals surface area contributed by atoms with Crippen LogP contribution in [0.15, 0.2) is 24.5 Å². The topological polar surface area (TPSA) is 95.5 Å². The number of hydrazine groups is 1. The number of pyridine rings is 1. The number of carbonyl (C=O) groups is 3. The van der Waals surface area contributed by atoms with Crippen molar-refractivity contribution < 1.29 is 23.9 Å². The highest BCUT2D eigenvalue weighted by Gasteiger charge is 2.34. The fourth-order valence-corrected chi connectivity index (χ4v) is 4.31. The van der Waals surface area contributed by atoms with E-state index < -0.39 is 11.7 Å². The Bertz CT molecular complexity index is 828. The van der Waals surface area contributed by atoms with E-state index in [0.717, 1.165) is 18.8 Å². The Hall–Kier alpha value is -2.88. The summed E-state index contributed by atoms with van der Waals surface area (Å²) < 4.78 is 10.3. The van der Waals surface area contributed by atoms with Crippen LogP contribution in [0.25, 0.3) is 0 Å². The van der Waals surface area contributed by atoms with Gasteiger partial charge in [-0.25, -0.2) is 14.8 Å². The van der Waals surface area contributed by atoms with Crippen molar-refractivity contribution in [2.45, 2.75) is 45.6 Å². The van der Waals surface area contributed by atoms with Crippen LogP contribution in [-0.2, 0) is 19.1 Å². The second-order valence-electron chi connectivity index (χ2n) is 9.68. The van der Waals surface area contributed by atoms with E-state index in [1.807, 2.05) is 42.8 Å². The molecule has 0 unspecified atom stereocenters. The number of esters is 1. The van der Waals surface area contributed by atoms with Gasteiger partial charge >= 0.3 is 12.1 Å². The number of nitrogens with zero attached hydrogens (tertiary/aromatic N) is 5. The van der Waals surface area contributed by atoms with Gasteiger partial charge < -0.3 is 19.3 Å². The van der Waals surface area contributed by atoms with Crippen molar-refractivity contribution in [1.82, 2.24) is 19.9 Å². The lowest BCUT2D eigenvalue weighted by Crippen LogP contribution is -2.55. The molecule has 34 heavy (non-hydrogen) atoms.